The normalized spacial score (nSPS) is 34.4. The molecule has 0 aromatic rings. The largest absolute Gasteiger partial charge is 1.00 e. The van der Waals surface area contributed by atoms with E-state index in [4.69, 9.17) is 4.74 Å². The number of halogens is 1. The van der Waals surface area contributed by atoms with E-state index in [-0.39, 0.29) is 30.7 Å². The second-order valence-electron chi connectivity index (χ2n) is 4.74. The average molecular weight is 210 g/mol. The molecule has 0 bridgehead atoms. The van der Waals surface area contributed by atoms with Crippen LogP contribution in [0.3, 0.4) is 0 Å². The fourth-order valence-corrected chi connectivity index (χ4v) is 1.64. The van der Waals surface area contributed by atoms with E-state index in [0.29, 0.717) is 0 Å². The smallest absolute Gasteiger partial charge is 0.109 e. The highest BCUT2D eigenvalue weighted by Gasteiger charge is 2.33. The van der Waals surface area contributed by atoms with Crippen molar-refractivity contribution in [3.63, 3.8) is 0 Å². The number of aliphatic hydroxyl groups excluding tert-OH is 1. The Morgan fingerprint density at radius 1 is 1.38 bits per heavy atom. The van der Waals surface area contributed by atoms with E-state index >= 15 is 0 Å². The van der Waals surface area contributed by atoms with Crippen molar-refractivity contribution in [2.45, 2.75) is 31.7 Å². The molecule has 0 saturated carbocycles. The van der Waals surface area contributed by atoms with Crippen LogP contribution in [0.4, 0.5) is 0 Å². The molecule has 0 aromatic heterocycles. The molecule has 1 heterocycles. The van der Waals surface area contributed by atoms with Crippen LogP contribution >= 0.6 is 0 Å². The summed E-state index contributed by atoms with van der Waals surface area (Å²) in [4.78, 5) is 0. The third kappa shape index (κ3) is 4.27. The minimum absolute atomic E-state index is 0. The molecule has 0 unspecified atom stereocenters. The third-order valence-corrected chi connectivity index (χ3v) is 2.20. The zero-order valence-corrected chi connectivity index (χ0v) is 9.58. The molecule has 3 atom stereocenters. The first-order valence-electron chi connectivity index (χ1n) is 4.52. The van der Waals surface area contributed by atoms with Gasteiger partial charge < -0.3 is 26.7 Å². The lowest BCUT2D eigenvalue weighted by molar-refractivity contribution is -0.873. The zero-order chi connectivity index (χ0) is 9.35. The summed E-state index contributed by atoms with van der Waals surface area (Å²) >= 11 is 0. The second kappa shape index (κ2) is 4.60. The molecular formula is C9H20ClNO2. The van der Waals surface area contributed by atoms with Crippen LogP contribution in [0.2, 0.25) is 0 Å². The Morgan fingerprint density at radius 2 is 1.92 bits per heavy atom. The van der Waals surface area contributed by atoms with Gasteiger partial charge in [0.25, 0.3) is 0 Å². The van der Waals surface area contributed by atoms with Crippen molar-refractivity contribution in [2.24, 2.45) is 0 Å². The number of nitrogens with zero attached hydrogens (tertiary/aromatic N) is 1. The molecule has 80 valence electrons. The van der Waals surface area contributed by atoms with Gasteiger partial charge in [-0.25, -0.2) is 0 Å². The summed E-state index contributed by atoms with van der Waals surface area (Å²) in [5.41, 5.74) is 0. The van der Waals surface area contributed by atoms with Crippen molar-refractivity contribution in [1.82, 2.24) is 0 Å². The van der Waals surface area contributed by atoms with Gasteiger partial charge in [0, 0.05) is 6.42 Å². The molecule has 1 N–H and O–H groups in total. The fourth-order valence-electron chi connectivity index (χ4n) is 1.64. The minimum Gasteiger partial charge on any atom is -1.00 e. The maximum atomic E-state index is 9.43. The van der Waals surface area contributed by atoms with E-state index in [0.717, 1.165) is 17.4 Å². The number of hydrogen-bond donors (Lipinski definition) is 1. The van der Waals surface area contributed by atoms with Crippen LogP contribution in [0.15, 0.2) is 0 Å². The molecule has 1 aliphatic heterocycles. The van der Waals surface area contributed by atoms with Crippen LogP contribution in [-0.2, 0) is 4.74 Å². The summed E-state index contributed by atoms with van der Waals surface area (Å²) < 4.78 is 6.48. The SMILES string of the molecule is C[C@H]1O[C@@H](C[N+](C)(C)C)C[C@H]1O.[Cl-]. The Labute approximate surface area is 86.7 Å². The number of ether oxygens (including phenoxy) is 1. The highest BCUT2D eigenvalue weighted by atomic mass is 35.5. The summed E-state index contributed by atoms with van der Waals surface area (Å²) in [5.74, 6) is 0. The van der Waals surface area contributed by atoms with Crippen LogP contribution in [0.5, 0.6) is 0 Å². The van der Waals surface area contributed by atoms with Gasteiger partial charge in [-0.2, -0.15) is 0 Å². The Bertz CT molecular complexity index is 148. The summed E-state index contributed by atoms with van der Waals surface area (Å²) in [7, 11) is 6.41. The maximum absolute atomic E-state index is 9.43. The van der Waals surface area contributed by atoms with Crippen molar-refractivity contribution >= 4 is 0 Å². The lowest BCUT2D eigenvalue weighted by Gasteiger charge is -2.26. The number of rotatable bonds is 2. The van der Waals surface area contributed by atoms with E-state index in [9.17, 15) is 5.11 Å². The number of likely N-dealkylation sites (N-methyl/N-ethyl adjacent to an activating group) is 1. The number of quaternary nitrogens is 1. The van der Waals surface area contributed by atoms with E-state index in [1.54, 1.807) is 0 Å². The minimum atomic E-state index is -0.262. The first-order valence-corrected chi connectivity index (χ1v) is 4.52. The standard InChI is InChI=1S/C9H20NO2.ClH/c1-7-9(11)5-8(12-7)6-10(2,3)4;/h7-9,11H,5-6H2,1-4H3;1H/q+1;/p-1/t7-,8-,9-;/m1./s1. The van der Waals surface area contributed by atoms with E-state index in [1.807, 2.05) is 6.92 Å². The van der Waals surface area contributed by atoms with Gasteiger partial charge in [-0.05, 0) is 6.92 Å². The van der Waals surface area contributed by atoms with Gasteiger partial charge in [0.15, 0.2) is 0 Å². The highest BCUT2D eigenvalue weighted by Crippen LogP contribution is 2.21. The van der Waals surface area contributed by atoms with E-state index < -0.39 is 0 Å². The van der Waals surface area contributed by atoms with Crippen LogP contribution in [0.1, 0.15) is 13.3 Å². The molecule has 0 spiro atoms. The van der Waals surface area contributed by atoms with Crippen LogP contribution in [0.25, 0.3) is 0 Å². The lowest BCUT2D eigenvalue weighted by Crippen LogP contribution is -3.00. The molecule has 13 heavy (non-hydrogen) atoms. The summed E-state index contributed by atoms with van der Waals surface area (Å²) in [6, 6.07) is 0. The average Bonchev–Trinajstić information content (AvgIpc) is 2.07. The Hall–Kier alpha value is 0.170. The fraction of sp³-hybridized carbons (Fsp3) is 1.00. The van der Waals surface area contributed by atoms with Crippen molar-refractivity contribution in [3.8, 4) is 0 Å². The quantitative estimate of drug-likeness (QED) is 0.500. The van der Waals surface area contributed by atoms with Gasteiger partial charge in [0.2, 0.25) is 0 Å². The second-order valence-corrected chi connectivity index (χ2v) is 4.74. The number of aliphatic hydroxyl groups is 1. The molecule has 4 heteroatoms. The van der Waals surface area contributed by atoms with E-state index in [2.05, 4.69) is 21.1 Å². The molecule has 0 amide bonds. The molecule has 3 nitrogen and oxygen atoms in total. The van der Waals surface area contributed by atoms with Crippen molar-refractivity contribution in [2.75, 3.05) is 27.7 Å². The monoisotopic (exact) mass is 209 g/mol. The van der Waals surface area contributed by atoms with Gasteiger partial charge in [-0.1, -0.05) is 0 Å². The van der Waals surface area contributed by atoms with Gasteiger partial charge in [0.05, 0.1) is 33.4 Å². The highest BCUT2D eigenvalue weighted by molar-refractivity contribution is 4.78. The molecule has 1 saturated heterocycles. The molecule has 0 aromatic carbocycles. The molecule has 1 aliphatic rings. The molecule has 0 radical (unpaired) electrons. The predicted octanol–water partition coefficient (Wildman–Crippen LogP) is -2.77. The Balaban J connectivity index is 0.00000144. The summed E-state index contributed by atoms with van der Waals surface area (Å²) in [6.07, 6.45) is 0.773. The van der Waals surface area contributed by atoms with Gasteiger partial charge in [-0.3, -0.25) is 0 Å². The summed E-state index contributed by atoms with van der Waals surface area (Å²) in [6.45, 7) is 2.90. The van der Waals surface area contributed by atoms with Gasteiger partial charge in [-0.15, -0.1) is 0 Å². The first-order chi connectivity index (χ1) is 5.38. The summed E-state index contributed by atoms with van der Waals surface area (Å²) in [5, 5.41) is 9.43. The van der Waals surface area contributed by atoms with Crippen LogP contribution in [-0.4, -0.2) is 55.6 Å². The Kier molecular flexibility index (Phi) is 4.66. The van der Waals surface area contributed by atoms with Crippen LogP contribution < -0.4 is 12.4 Å². The molecular weight excluding hydrogens is 190 g/mol. The molecule has 1 rings (SSSR count). The number of hydrogen-bond acceptors (Lipinski definition) is 2. The van der Waals surface area contributed by atoms with Gasteiger partial charge >= 0.3 is 0 Å². The zero-order valence-electron chi connectivity index (χ0n) is 8.83. The predicted molar refractivity (Wildman–Crippen MR) is 47.9 cm³/mol. The van der Waals surface area contributed by atoms with Crippen molar-refractivity contribution in [1.29, 1.82) is 0 Å². The van der Waals surface area contributed by atoms with Gasteiger partial charge in [0.1, 0.15) is 12.6 Å². The van der Waals surface area contributed by atoms with E-state index in [1.165, 1.54) is 0 Å². The molecule has 0 aliphatic carbocycles. The third-order valence-electron chi connectivity index (χ3n) is 2.20. The molecule has 1 fully saturated rings. The van der Waals surface area contributed by atoms with Crippen molar-refractivity contribution < 1.29 is 26.7 Å². The maximum Gasteiger partial charge on any atom is 0.109 e. The first kappa shape index (κ1) is 13.2. The topological polar surface area (TPSA) is 29.5 Å². The van der Waals surface area contributed by atoms with Crippen LogP contribution in [0, 0.1) is 0 Å². The lowest BCUT2D eigenvalue weighted by atomic mass is 10.1. The van der Waals surface area contributed by atoms with Crippen molar-refractivity contribution in [3.05, 3.63) is 0 Å². The Morgan fingerprint density at radius 3 is 2.23 bits per heavy atom.